The molecule has 1 N–H and O–H groups in total. The molecule has 0 radical (unpaired) electrons. The van der Waals surface area contributed by atoms with E-state index in [4.69, 9.17) is 14.6 Å². The average Bonchev–Trinajstić information content (AvgIpc) is 2.45. The highest BCUT2D eigenvalue weighted by Gasteiger charge is 2.35. The number of rotatable bonds is 4. The fraction of sp³-hybridized carbons (Fsp3) is 0.900. The molecule has 1 heterocycles. The average molecular weight is 220 g/mol. The van der Waals surface area contributed by atoms with E-state index in [-0.39, 0.29) is 20.0 Å². The zero-order chi connectivity index (χ0) is 10.6. The summed E-state index contributed by atoms with van der Waals surface area (Å²) < 4.78 is 15.3. The van der Waals surface area contributed by atoms with Crippen molar-refractivity contribution < 1.29 is 24.1 Å². The summed E-state index contributed by atoms with van der Waals surface area (Å²) in [6.45, 7) is 3.68. The number of carbonyl (C=O) groups excluding carboxylic acids is 1. The quantitative estimate of drug-likeness (QED) is 0.566. The first kappa shape index (κ1) is 14.3. The molecule has 15 heavy (non-hydrogen) atoms. The Kier molecular flexibility index (Phi) is 5.79. The second-order valence-electron chi connectivity index (χ2n) is 3.52. The molecule has 0 amide bonds. The largest absolute Gasteiger partial charge is 0.439 e. The lowest BCUT2D eigenvalue weighted by atomic mass is 10.2. The maximum absolute atomic E-state index is 10.9. The van der Waals surface area contributed by atoms with Crippen LogP contribution in [0.15, 0.2) is 0 Å². The Morgan fingerprint density at radius 3 is 2.80 bits per heavy atom. The molecular formula is C10H20O5. The molecular weight excluding hydrogens is 200 g/mol. The van der Waals surface area contributed by atoms with Crippen molar-refractivity contribution in [3.05, 3.63) is 0 Å². The van der Waals surface area contributed by atoms with E-state index in [2.05, 4.69) is 4.74 Å². The molecule has 5 heteroatoms. The van der Waals surface area contributed by atoms with Crippen LogP contribution in [0.1, 0.15) is 34.1 Å². The van der Waals surface area contributed by atoms with Gasteiger partial charge in [0.2, 0.25) is 0 Å². The maximum Gasteiger partial charge on any atom is 0.308 e. The molecule has 1 saturated heterocycles. The zero-order valence-corrected chi connectivity index (χ0v) is 8.49. The summed E-state index contributed by atoms with van der Waals surface area (Å²) in [6.07, 6.45) is 0.689. The Morgan fingerprint density at radius 1 is 1.67 bits per heavy atom. The van der Waals surface area contributed by atoms with E-state index in [0.717, 1.165) is 0 Å². The third kappa shape index (κ3) is 4.59. The predicted molar refractivity (Wildman–Crippen MR) is 54.0 cm³/mol. The van der Waals surface area contributed by atoms with Gasteiger partial charge in [-0.1, -0.05) is 7.43 Å². The number of hydrogen-bond donors (Lipinski definition) is 1. The minimum atomic E-state index is -0.687. The van der Waals surface area contributed by atoms with E-state index in [1.165, 1.54) is 0 Å². The van der Waals surface area contributed by atoms with Gasteiger partial charge in [0.25, 0.3) is 0 Å². The van der Waals surface area contributed by atoms with Crippen LogP contribution in [0.25, 0.3) is 0 Å². The third-order valence-electron chi connectivity index (χ3n) is 2.08. The van der Waals surface area contributed by atoms with Crippen molar-refractivity contribution in [1.82, 2.24) is 0 Å². The molecule has 0 aromatic rings. The third-order valence-corrected chi connectivity index (χ3v) is 2.08. The van der Waals surface area contributed by atoms with Gasteiger partial charge in [-0.15, -0.1) is 0 Å². The maximum atomic E-state index is 10.9. The van der Waals surface area contributed by atoms with Crippen LogP contribution in [0.2, 0.25) is 0 Å². The molecule has 0 spiro atoms. The van der Waals surface area contributed by atoms with Crippen molar-refractivity contribution in [3.8, 4) is 0 Å². The lowest BCUT2D eigenvalue weighted by molar-refractivity contribution is -0.170. The molecule has 2 atom stereocenters. The Morgan fingerprint density at radius 2 is 2.33 bits per heavy atom. The van der Waals surface area contributed by atoms with Crippen molar-refractivity contribution in [1.29, 1.82) is 0 Å². The number of esters is 1. The van der Waals surface area contributed by atoms with E-state index in [9.17, 15) is 4.79 Å². The first-order valence-corrected chi connectivity index (χ1v) is 4.64. The molecule has 0 aromatic carbocycles. The van der Waals surface area contributed by atoms with Crippen molar-refractivity contribution >= 4 is 5.97 Å². The van der Waals surface area contributed by atoms with E-state index >= 15 is 0 Å². The first-order valence-electron chi connectivity index (χ1n) is 4.64. The lowest BCUT2D eigenvalue weighted by Gasteiger charge is -2.22. The minimum absolute atomic E-state index is 0. The Hall–Kier alpha value is -0.650. The minimum Gasteiger partial charge on any atom is -0.439 e. The van der Waals surface area contributed by atoms with Gasteiger partial charge in [-0.25, -0.2) is 0 Å². The highest BCUT2D eigenvalue weighted by Crippen LogP contribution is 2.27. The van der Waals surface area contributed by atoms with Crippen LogP contribution in [0, 0.1) is 0 Å². The Balaban J connectivity index is 0.00000196. The smallest absolute Gasteiger partial charge is 0.308 e. The van der Waals surface area contributed by atoms with Gasteiger partial charge >= 0.3 is 5.97 Å². The Labute approximate surface area is 90.3 Å². The zero-order valence-electron chi connectivity index (χ0n) is 8.49. The fourth-order valence-electron chi connectivity index (χ4n) is 1.39. The number of ether oxygens (including phenoxy) is 3. The second-order valence-corrected chi connectivity index (χ2v) is 3.52. The van der Waals surface area contributed by atoms with E-state index in [1.807, 2.05) is 6.92 Å². The standard InChI is InChI=1S/C9H16O5.CH4/c1-7-5-13-9(2,14-7)4-3-8(11)12-6-10;/h7,10H,3-6H2,1-2H3;1H4. The number of carbonyl (C=O) groups is 1. The summed E-state index contributed by atoms with van der Waals surface area (Å²) >= 11 is 0. The van der Waals surface area contributed by atoms with Gasteiger partial charge in [-0.05, 0) is 13.8 Å². The highest BCUT2D eigenvalue weighted by molar-refractivity contribution is 5.69. The van der Waals surface area contributed by atoms with Crippen LogP contribution in [0.4, 0.5) is 0 Å². The van der Waals surface area contributed by atoms with Gasteiger partial charge < -0.3 is 19.3 Å². The monoisotopic (exact) mass is 220 g/mol. The van der Waals surface area contributed by atoms with E-state index in [0.29, 0.717) is 13.0 Å². The first-order chi connectivity index (χ1) is 6.56. The summed E-state index contributed by atoms with van der Waals surface area (Å²) in [5, 5.41) is 8.33. The number of hydrogen-bond acceptors (Lipinski definition) is 5. The number of aliphatic hydroxyl groups is 1. The molecule has 0 saturated carbocycles. The van der Waals surface area contributed by atoms with Gasteiger partial charge in [0.05, 0.1) is 19.1 Å². The molecule has 2 unspecified atom stereocenters. The number of aliphatic hydroxyl groups excluding tert-OH is 1. The molecule has 0 bridgehead atoms. The summed E-state index contributed by atoms with van der Waals surface area (Å²) in [7, 11) is 0. The van der Waals surface area contributed by atoms with Gasteiger partial charge in [0, 0.05) is 6.42 Å². The van der Waals surface area contributed by atoms with Crippen molar-refractivity contribution in [2.45, 2.75) is 46.0 Å². The SMILES string of the molecule is C.CC1COC(C)(CCC(=O)OCO)O1. The molecule has 0 aromatic heterocycles. The Bertz CT molecular complexity index is 206. The highest BCUT2D eigenvalue weighted by atomic mass is 16.7. The lowest BCUT2D eigenvalue weighted by Crippen LogP contribution is -2.27. The van der Waals surface area contributed by atoms with Crippen LogP contribution in [0.5, 0.6) is 0 Å². The second kappa shape index (κ2) is 6.05. The summed E-state index contributed by atoms with van der Waals surface area (Å²) in [5.41, 5.74) is 0. The molecule has 1 aliphatic rings. The summed E-state index contributed by atoms with van der Waals surface area (Å²) in [5.74, 6) is -1.13. The molecule has 0 aliphatic carbocycles. The molecule has 1 aliphatic heterocycles. The van der Waals surface area contributed by atoms with Gasteiger partial charge in [0.15, 0.2) is 12.6 Å². The normalized spacial score (nSPS) is 29.7. The summed E-state index contributed by atoms with van der Waals surface area (Å²) in [6, 6.07) is 0. The fourth-order valence-corrected chi connectivity index (χ4v) is 1.39. The summed E-state index contributed by atoms with van der Waals surface area (Å²) in [4.78, 5) is 10.9. The van der Waals surface area contributed by atoms with E-state index in [1.54, 1.807) is 6.92 Å². The molecule has 90 valence electrons. The van der Waals surface area contributed by atoms with Crippen molar-refractivity contribution in [2.24, 2.45) is 0 Å². The molecule has 1 rings (SSSR count). The van der Waals surface area contributed by atoms with Gasteiger partial charge in [0.1, 0.15) is 0 Å². The predicted octanol–water partition coefficient (Wildman–Crippen LogP) is 1.05. The molecule has 1 fully saturated rings. The van der Waals surface area contributed by atoms with Crippen LogP contribution in [-0.2, 0) is 19.0 Å². The van der Waals surface area contributed by atoms with E-state index < -0.39 is 18.5 Å². The van der Waals surface area contributed by atoms with Crippen LogP contribution >= 0.6 is 0 Å². The van der Waals surface area contributed by atoms with Crippen molar-refractivity contribution in [2.75, 3.05) is 13.4 Å². The van der Waals surface area contributed by atoms with Gasteiger partial charge in [-0.2, -0.15) is 0 Å². The van der Waals surface area contributed by atoms with Crippen LogP contribution in [-0.4, -0.2) is 36.4 Å². The topological polar surface area (TPSA) is 65.0 Å². The van der Waals surface area contributed by atoms with Gasteiger partial charge in [-0.3, -0.25) is 4.79 Å². The van der Waals surface area contributed by atoms with Crippen molar-refractivity contribution in [3.63, 3.8) is 0 Å². The van der Waals surface area contributed by atoms with Crippen LogP contribution in [0.3, 0.4) is 0 Å². The molecule has 5 nitrogen and oxygen atoms in total. The van der Waals surface area contributed by atoms with Crippen LogP contribution < -0.4 is 0 Å².